The monoisotopic (exact) mass is 371 g/mol. The number of nitrogens with one attached hydrogen (secondary N) is 1. The first-order chi connectivity index (χ1) is 13.7. The van der Waals surface area contributed by atoms with Crippen molar-refractivity contribution in [2.24, 2.45) is 7.05 Å². The lowest BCUT2D eigenvalue weighted by atomic mass is 9.95. The number of amides is 1. The number of benzene rings is 1. The lowest BCUT2D eigenvalue weighted by molar-refractivity contribution is 0.0455. The Morgan fingerprint density at radius 1 is 1.21 bits per heavy atom. The van der Waals surface area contributed by atoms with Crippen molar-refractivity contribution in [2.75, 3.05) is 6.54 Å². The zero-order valence-corrected chi connectivity index (χ0v) is 15.7. The van der Waals surface area contributed by atoms with Crippen LogP contribution in [0.1, 0.15) is 22.5 Å². The van der Waals surface area contributed by atoms with Gasteiger partial charge >= 0.3 is 0 Å². The molecule has 6 nitrogen and oxygen atoms in total. The molecule has 4 aromatic rings. The van der Waals surface area contributed by atoms with Crippen LogP contribution in [0.15, 0.2) is 60.9 Å². The number of nitrogens with zero attached hydrogens (tertiary/aromatic N) is 4. The second kappa shape index (κ2) is 6.64. The number of likely N-dealkylation sites (tertiary alicyclic amines) is 1. The van der Waals surface area contributed by atoms with Crippen molar-refractivity contribution >= 4 is 16.9 Å². The molecule has 0 radical (unpaired) electrons. The molecule has 5 rings (SSSR count). The van der Waals surface area contributed by atoms with Crippen LogP contribution in [0.4, 0.5) is 0 Å². The summed E-state index contributed by atoms with van der Waals surface area (Å²) in [4.78, 5) is 19.9. The van der Waals surface area contributed by atoms with E-state index in [-0.39, 0.29) is 11.9 Å². The lowest BCUT2D eigenvalue weighted by Gasteiger charge is -2.41. The van der Waals surface area contributed by atoms with Crippen molar-refractivity contribution in [1.29, 1.82) is 0 Å². The van der Waals surface area contributed by atoms with Crippen LogP contribution in [-0.2, 0) is 13.5 Å². The van der Waals surface area contributed by atoms with Gasteiger partial charge in [0, 0.05) is 36.8 Å². The lowest BCUT2D eigenvalue weighted by Crippen LogP contribution is -2.52. The third-order valence-corrected chi connectivity index (χ3v) is 5.61. The molecule has 0 bridgehead atoms. The molecule has 1 atom stereocenters. The second-order valence-electron chi connectivity index (χ2n) is 7.32. The van der Waals surface area contributed by atoms with Crippen molar-refractivity contribution in [2.45, 2.75) is 18.9 Å². The average Bonchev–Trinajstić information content (AvgIpc) is 3.34. The Morgan fingerprint density at radius 2 is 2.07 bits per heavy atom. The fraction of sp³-hybridized carbons (Fsp3) is 0.227. The van der Waals surface area contributed by atoms with E-state index in [1.165, 1.54) is 5.56 Å². The molecular weight excluding hydrogens is 350 g/mol. The van der Waals surface area contributed by atoms with E-state index in [2.05, 4.69) is 22.3 Å². The summed E-state index contributed by atoms with van der Waals surface area (Å²) < 4.78 is 1.90. The van der Waals surface area contributed by atoms with E-state index in [4.69, 9.17) is 4.98 Å². The summed E-state index contributed by atoms with van der Waals surface area (Å²) in [5.74, 6) is 0.0811. The van der Waals surface area contributed by atoms with Crippen molar-refractivity contribution in [1.82, 2.24) is 24.6 Å². The summed E-state index contributed by atoms with van der Waals surface area (Å²) in [7, 11) is 1.91. The predicted octanol–water partition coefficient (Wildman–Crippen LogP) is 3.42. The molecule has 3 aromatic heterocycles. The normalized spacial score (nSPS) is 16.3. The van der Waals surface area contributed by atoms with Gasteiger partial charge in [0.2, 0.25) is 0 Å². The van der Waals surface area contributed by atoms with Crippen LogP contribution in [0.3, 0.4) is 0 Å². The molecule has 1 saturated heterocycles. The zero-order valence-electron chi connectivity index (χ0n) is 15.7. The van der Waals surface area contributed by atoms with E-state index in [0.29, 0.717) is 5.69 Å². The Morgan fingerprint density at radius 3 is 2.79 bits per heavy atom. The van der Waals surface area contributed by atoms with Gasteiger partial charge in [0.1, 0.15) is 11.3 Å². The highest BCUT2D eigenvalue weighted by molar-refractivity contribution is 5.98. The summed E-state index contributed by atoms with van der Waals surface area (Å²) in [5.41, 5.74) is 4.54. The standard InChI is InChI=1S/C22H21N5O/c1-26-20(12-16-7-8-19(25-21(16)26)17-13-23-24-14-17)22(28)27-10-9-18(27)11-15-5-3-2-4-6-15/h2-8,12-14,18H,9-11H2,1H3,(H,23,24)/t18-/m1/s1. The summed E-state index contributed by atoms with van der Waals surface area (Å²) in [6.45, 7) is 0.811. The van der Waals surface area contributed by atoms with Gasteiger partial charge in [0.15, 0.2) is 0 Å². The molecule has 1 fully saturated rings. The molecule has 140 valence electrons. The molecule has 0 spiro atoms. The number of hydrogen-bond acceptors (Lipinski definition) is 3. The van der Waals surface area contributed by atoms with Crippen molar-refractivity contribution < 1.29 is 4.79 Å². The third-order valence-electron chi connectivity index (χ3n) is 5.61. The van der Waals surface area contributed by atoms with Crippen molar-refractivity contribution in [3.63, 3.8) is 0 Å². The Bertz CT molecular complexity index is 1130. The van der Waals surface area contributed by atoms with Gasteiger partial charge in [-0.05, 0) is 36.6 Å². The molecule has 0 unspecified atom stereocenters. The van der Waals surface area contributed by atoms with E-state index in [1.54, 1.807) is 6.20 Å². The minimum atomic E-state index is 0.0811. The first-order valence-electron chi connectivity index (χ1n) is 9.51. The largest absolute Gasteiger partial charge is 0.334 e. The van der Waals surface area contributed by atoms with E-state index < -0.39 is 0 Å². The van der Waals surface area contributed by atoms with E-state index in [9.17, 15) is 4.79 Å². The van der Waals surface area contributed by atoms with E-state index in [0.717, 1.165) is 41.7 Å². The van der Waals surface area contributed by atoms with Gasteiger partial charge < -0.3 is 9.47 Å². The van der Waals surface area contributed by atoms with Gasteiger partial charge in [-0.1, -0.05) is 30.3 Å². The molecule has 0 saturated carbocycles. The molecule has 1 amide bonds. The highest BCUT2D eigenvalue weighted by Gasteiger charge is 2.34. The quantitative estimate of drug-likeness (QED) is 0.598. The number of rotatable bonds is 4. The minimum Gasteiger partial charge on any atom is -0.334 e. The van der Waals surface area contributed by atoms with E-state index in [1.807, 2.05) is 59.1 Å². The van der Waals surface area contributed by atoms with Gasteiger partial charge in [0.25, 0.3) is 5.91 Å². The van der Waals surface area contributed by atoms with Crippen molar-refractivity contribution in [3.05, 3.63) is 72.2 Å². The molecule has 6 heteroatoms. The van der Waals surface area contributed by atoms with Crippen LogP contribution in [0.25, 0.3) is 22.3 Å². The number of aryl methyl sites for hydroxylation is 1. The van der Waals surface area contributed by atoms with Crippen LogP contribution in [0.2, 0.25) is 0 Å². The number of H-pyrrole nitrogens is 1. The molecule has 0 aliphatic carbocycles. The molecule has 28 heavy (non-hydrogen) atoms. The first kappa shape index (κ1) is 16.7. The maximum absolute atomic E-state index is 13.2. The molecule has 1 aromatic carbocycles. The molecule has 1 N–H and O–H groups in total. The first-order valence-corrected chi connectivity index (χ1v) is 9.51. The van der Waals surface area contributed by atoms with Crippen LogP contribution in [0.5, 0.6) is 0 Å². The average molecular weight is 371 g/mol. The van der Waals surface area contributed by atoms with E-state index >= 15 is 0 Å². The second-order valence-corrected chi connectivity index (χ2v) is 7.32. The summed E-state index contributed by atoms with van der Waals surface area (Å²) in [6.07, 6.45) is 5.52. The van der Waals surface area contributed by atoms with Crippen LogP contribution in [0, 0.1) is 0 Å². The molecule has 1 aliphatic heterocycles. The summed E-state index contributed by atoms with van der Waals surface area (Å²) in [5, 5.41) is 7.77. The number of carbonyl (C=O) groups excluding carboxylic acids is 1. The number of aromatic amines is 1. The van der Waals surface area contributed by atoms with Gasteiger partial charge in [-0.2, -0.15) is 5.10 Å². The Hall–Kier alpha value is -3.41. The number of fused-ring (bicyclic) bond motifs is 1. The van der Waals surface area contributed by atoms with Gasteiger partial charge in [0.05, 0.1) is 11.9 Å². The highest BCUT2D eigenvalue weighted by atomic mass is 16.2. The SMILES string of the molecule is Cn1c(C(=O)N2CC[C@@H]2Cc2ccccc2)cc2ccc(-c3cn[nH]c3)nc21. The maximum Gasteiger partial charge on any atom is 0.270 e. The van der Waals surface area contributed by atoms with Gasteiger partial charge in [-0.25, -0.2) is 4.98 Å². The fourth-order valence-electron chi connectivity index (χ4n) is 3.91. The number of carbonyl (C=O) groups is 1. The van der Waals surface area contributed by atoms with Gasteiger partial charge in [-0.3, -0.25) is 9.89 Å². The number of hydrogen-bond donors (Lipinski definition) is 1. The topological polar surface area (TPSA) is 66.8 Å². The maximum atomic E-state index is 13.2. The smallest absolute Gasteiger partial charge is 0.270 e. The van der Waals surface area contributed by atoms with Crippen LogP contribution in [-0.4, -0.2) is 43.1 Å². The predicted molar refractivity (Wildman–Crippen MR) is 108 cm³/mol. The van der Waals surface area contributed by atoms with Crippen molar-refractivity contribution in [3.8, 4) is 11.3 Å². The molecular formula is C22H21N5O. The third kappa shape index (κ3) is 2.78. The van der Waals surface area contributed by atoms with Gasteiger partial charge in [-0.15, -0.1) is 0 Å². The number of pyridine rings is 1. The van der Waals surface area contributed by atoms with Crippen LogP contribution >= 0.6 is 0 Å². The fourth-order valence-corrected chi connectivity index (χ4v) is 3.91. The molecule has 4 heterocycles. The minimum absolute atomic E-state index is 0.0811. The Kier molecular flexibility index (Phi) is 3.97. The Balaban J connectivity index is 1.42. The number of aromatic nitrogens is 4. The summed E-state index contributed by atoms with van der Waals surface area (Å²) in [6, 6.07) is 16.6. The highest BCUT2D eigenvalue weighted by Crippen LogP contribution is 2.27. The zero-order chi connectivity index (χ0) is 19.1. The Labute approximate surface area is 162 Å². The van der Waals surface area contributed by atoms with Crippen LogP contribution < -0.4 is 0 Å². The molecule has 1 aliphatic rings. The summed E-state index contributed by atoms with van der Waals surface area (Å²) >= 11 is 0.